The lowest BCUT2D eigenvalue weighted by molar-refractivity contribution is 0.865. The Morgan fingerprint density at radius 1 is 0.469 bits per heavy atom. The molecule has 0 radical (unpaired) electrons. The molecule has 0 atom stereocenters. The van der Waals surface area contributed by atoms with E-state index in [2.05, 4.69) is 135 Å². The van der Waals surface area contributed by atoms with Crippen LogP contribution in [0, 0.1) is 0 Å². The van der Waals surface area contributed by atoms with E-state index in [4.69, 9.17) is 0 Å². The number of anilines is 2. The molecule has 0 saturated heterocycles. The normalized spacial score (nSPS) is 11.4. The van der Waals surface area contributed by atoms with Crippen molar-refractivity contribution in [1.29, 1.82) is 0 Å². The zero-order chi connectivity index (χ0) is 22.8. The second kappa shape index (κ2) is 12.0. The summed E-state index contributed by atoms with van der Waals surface area (Å²) in [7, 11) is 0. The van der Waals surface area contributed by atoms with Crippen LogP contribution in [0.2, 0.25) is 0 Å². The number of para-hydroxylation sites is 2. The second-order valence-corrected chi connectivity index (χ2v) is 7.80. The molecule has 3 aromatic rings. The Morgan fingerprint density at radius 2 is 0.812 bits per heavy atom. The maximum absolute atomic E-state index is 2.39. The van der Waals surface area contributed by atoms with Gasteiger partial charge in [0, 0.05) is 37.6 Å². The van der Waals surface area contributed by atoms with Gasteiger partial charge in [0.15, 0.2) is 0 Å². The van der Waals surface area contributed by atoms with E-state index in [-0.39, 0.29) is 0 Å². The summed E-state index contributed by atoms with van der Waals surface area (Å²) in [5, 5.41) is 0. The first-order valence-corrected chi connectivity index (χ1v) is 11.8. The van der Waals surface area contributed by atoms with E-state index in [0.717, 1.165) is 26.2 Å². The molecule has 3 rings (SSSR count). The fraction of sp³-hybridized carbons (Fsp3) is 0.267. The third-order valence-electron chi connectivity index (χ3n) is 5.93. The van der Waals surface area contributed by atoms with Crippen molar-refractivity contribution < 1.29 is 0 Å². The van der Waals surface area contributed by atoms with Gasteiger partial charge in [0.05, 0.1) is 0 Å². The van der Waals surface area contributed by atoms with Crippen molar-refractivity contribution in [2.75, 3.05) is 36.0 Å². The van der Waals surface area contributed by atoms with Crippen LogP contribution in [0.1, 0.15) is 49.9 Å². The van der Waals surface area contributed by atoms with Crippen LogP contribution in [0.4, 0.5) is 11.4 Å². The third-order valence-corrected chi connectivity index (χ3v) is 5.93. The second-order valence-electron chi connectivity index (χ2n) is 7.80. The molecule has 32 heavy (non-hydrogen) atoms. The summed E-state index contributed by atoms with van der Waals surface area (Å²) in [4.78, 5) is 4.78. The Labute approximate surface area is 194 Å². The minimum Gasteiger partial charge on any atom is -0.372 e. The lowest BCUT2D eigenvalue weighted by Gasteiger charge is -2.23. The van der Waals surface area contributed by atoms with Crippen LogP contribution >= 0.6 is 0 Å². The quantitative estimate of drug-likeness (QED) is 0.307. The third kappa shape index (κ3) is 5.91. The Bertz CT molecular complexity index is 938. The first-order valence-electron chi connectivity index (χ1n) is 11.8. The number of hydrogen-bond acceptors (Lipinski definition) is 2. The standard InChI is InChI=1S/C30H36N2/c1-5-31(6-2)29-15-11-9-13-27(29)23-21-25-17-19-26(20-18-25)22-24-28-14-10-12-16-30(28)32(7-3)8-4/h9-24H,5-8H2,1-4H3/b23-21+,24-22+. The molecule has 2 heteroatoms. The van der Waals surface area contributed by atoms with Gasteiger partial charge in [-0.05, 0) is 62.1 Å². The van der Waals surface area contributed by atoms with Gasteiger partial charge in [0.2, 0.25) is 0 Å². The van der Waals surface area contributed by atoms with Crippen LogP contribution in [-0.2, 0) is 0 Å². The van der Waals surface area contributed by atoms with E-state index in [1.54, 1.807) is 0 Å². The van der Waals surface area contributed by atoms with E-state index < -0.39 is 0 Å². The molecule has 166 valence electrons. The lowest BCUT2D eigenvalue weighted by atomic mass is 10.1. The van der Waals surface area contributed by atoms with Gasteiger partial charge in [0.1, 0.15) is 0 Å². The highest BCUT2D eigenvalue weighted by atomic mass is 15.1. The summed E-state index contributed by atoms with van der Waals surface area (Å²) in [6.07, 6.45) is 8.84. The van der Waals surface area contributed by atoms with Crippen molar-refractivity contribution in [3.8, 4) is 0 Å². The minimum atomic E-state index is 1.01. The van der Waals surface area contributed by atoms with Gasteiger partial charge in [-0.15, -0.1) is 0 Å². The largest absolute Gasteiger partial charge is 0.372 e. The summed E-state index contributed by atoms with van der Waals surface area (Å²) in [6.45, 7) is 12.9. The maximum Gasteiger partial charge on any atom is 0.0439 e. The van der Waals surface area contributed by atoms with Crippen molar-refractivity contribution in [2.24, 2.45) is 0 Å². The Morgan fingerprint density at radius 3 is 1.16 bits per heavy atom. The van der Waals surface area contributed by atoms with Crippen LogP contribution < -0.4 is 9.80 Å². The molecule has 0 saturated carbocycles. The molecular formula is C30H36N2. The molecular weight excluding hydrogens is 388 g/mol. The van der Waals surface area contributed by atoms with Gasteiger partial charge in [0.25, 0.3) is 0 Å². The highest BCUT2D eigenvalue weighted by Crippen LogP contribution is 2.24. The number of nitrogens with zero attached hydrogens (tertiary/aromatic N) is 2. The fourth-order valence-electron chi connectivity index (χ4n) is 4.05. The smallest absolute Gasteiger partial charge is 0.0439 e. The monoisotopic (exact) mass is 424 g/mol. The van der Waals surface area contributed by atoms with Gasteiger partial charge in [-0.2, -0.15) is 0 Å². The molecule has 2 nitrogen and oxygen atoms in total. The van der Waals surface area contributed by atoms with Gasteiger partial charge in [-0.3, -0.25) is 0 Å². The molecule has 0 aliphatic carbocycles. The summed E-state index contributed by atoms with van der Waals surface area (Å²) < 4.78 is 0. The Balaban J connectivity index is 1.75. The average molecular weight is 425 g/mol. The van der Waals surface area contributed by atoms with E-state index in [1.807, 2.05) is 0 Å². The Hall–Kier alpha value is -3.26. The molecule has 3 aromatic carbocycles. The predicted molar refractivity (Wildman–Crippen MR) is 144 cm³/mol. The van der Waals surface area contributed by atoms with E-state index in [0.29, 0.717) is 0 Å². The van der Waals surface area contributed by atoms with Crippen molar-refractivity contribution in [3.63, 3.8) is 0 Å². The molecule has 0 aliphatic heterocycles. The van der Waals surface area contributed by atoms with Crippen LogP contribution in [-0.4, -0.2) is 26.2 Å². The topological polar surface area (TPSA) is 6.48 Å². The molecule has 0 aliphatic rings. The van der Waals surface area contributed by atoms with E-state index in [1.165, 1.54) is 33.6 Å². The number of rotatable bonds is 10. The van der Waals surface area contributed by atoms with Gasteiger partial charge in [-0.25, -0.2) is 0 Å². The summed E-state index contributed by atoms with van der Waals surface area (Å²) in [6, 6.07) is 26.0. The first-order chi connectivity index (χ1) is 15.7. The molecule has 0 heterocycles. The minimum absolute atomic E-state index is 1.01. The molecule has 0 amide bonds. The van der Waals surface area contributed by atoms with Crippen LogP contribution in [0.3, 0.4) is 0 Å². The van der Waals surface area contributed by atoms with Crippen molar-refractivity contribution >= 4 is 35.7 Å². The summed E-state index contributed by atoms with van der Waals surface area (Å²) in [5.41, 5.74) is 7.52. The van der Waals surface area contributed by atoms with Crippen LogP contribution in [0.5, 0.6) is 0 Å². The fourth-order valence-corrected chi connectivity index (χ4v) is 4.05. The summed E-state index contributed by atoms with van der Waals surface area (Å²) in [5.74, 6) is 0. The van der Waals surface area contributed by atoms with Gasteiger partial charge < -0.3 is 9.80 Å². The zero-order valence-corrected chi connectivity index (χ0v) is 20.0. The molecule has 0 unspecified atom stereocenters. The van der Waals surface area contributed by atoms with Crippen LogP contribution in [0.15, 0.2) is 72.8 Å². The Kier molecular flexibility index (Phi) is 8.74. The molecule has 0 fully saturated rings. The van der Waals surface area contributed by atoms with Crippen molar-refractivity contribution in [2.45, 2.75) is 27.7 Å². The highest BCUT2D eigenvalue weighted by molar-refractivity contribution is 5.79. The highest BCUT2D eigenvalue weighted by Gasteiger charge is 2.06. The van der Waals surface area contributed by atoms with E-state index >= 15 is 0 Å². The van der Waals surface area contributed by atoms with Gasteiger partial charge >= 0.3 is 0 Å². The molecule has 0 N–H and O–H groups in total. The molecule has 0 aromatic heterocycles. The SMILES string of the molecule is CCN(CC)c1ccccc1/C=C/c1ccc(/C=C/c2ccccc2N(CC)CC)cc1. The van der Waals surface area contributed by atoms with E-state index in [9.17, 15) is 0 Å². The maximum atomic E-state index is 2.39. The average Bonchev–Trinajstić information content (AvgIpc) is 2.85. The molecule has 0 spiro atoms. The predicted octanol–water partition coefficient (Wildman–Crippen LogP) is 7.72. The molecule has 0 bridgehead atoms. The number of benzene rings is 3. The lowest BCUT2D eigenvalue weighted by Crippen LogP contribution is -2.22. The zero-order valence-electron chi connectivity index (χ0n) is 20.0. The van der Waals surface area contributed by atoms with Crippen molar-refractivity contribution in [3.05, 3.63) is 95.1 Å². The number of hydrogen-bond donors (Lipinski definition) is 0. The summed E-state index contributed by atoms with van der Waals surface area (Å²) >= 11 is 0. The van der Waals surface area contributed by atoms with Crippen LogP contribution in [0.25, 0.3) is 24.3 Å². The van der Waals surface area contributed by atoms with Gasteiger partial charge in [-0.1, -0.05) is 85.0 Å². The van der Waals surface area contributed by atoms with Crippen molar-refractivity contribution in [1.82, 2.24) is 0 Å². The first kappa shape index (κ1) is 23.4.